The molecule has 0 atom stereocenters. The number of nitrogens with two attached hydrogens (primary N) is 1. The summed E-state index contributed by atoms with van der Waals surface area (Å²) in [6, 6.07) is 9.90. The van der Waals surface area contributed by atoms with E-state index in [0.717, 1.165) is 12.0 Å². The molecule has 0 aliphatic carbocycles. The maximum absolute atomic E-state index is 5.47. The fourth-order valence-corrected chi connectivity index (χ4v) is 1.33. The van der Waals surface area contributed by atoms with Gasteiger partial charge in [0.15, 0.2) is 11.6 Å². The highest BCUT2D eigenvalue weighted by Gasteiger charge is 2.03. The normalized spacial score (nSPS) is 10.4. The van der Waals surface area contributed by atoms with Gasteiger partial charge in [-0.3, -0.25) is 0 Å². The molecule has 1 aromatic heterocycles. The molecule has 0 saturated carbocycles. The largest absolute Gasteiger partial charge is 0.381 e. The predicted octanol–water partition coefficient (Wildman–Crippen LogP) is 2.49. The second-order valence-corrected chi connectivity index (χ2v) is 3.17. The summed E-state index contributed by atoms with van der Waals surface area (Å²) < 4.78 is 5.05. The Bertz CT molecular complexity index is 417. The van der Waals surface area contributed by atoms with Crippen LogP contribution in [0.2, 0.25) is 0 Å². The van der Waals surface area contributed by atoms with E-state index in [9.17, 15) is 0 Å². The summed E-state index contributed by atoms with van der Waals surface area (Å²) in [5, 5.41) is 3.64. The van der Waals surface area contributed by atoms with E-state index in [-0.39, 0.29) is 0 Å². The highest BCUT2D eigenvalue weighted by molar-refractivity contribution is 5.60. The van der Waals surface area contributed by atoms with Crippen molar-refractivity contribution in [1.82, 2.24) is 5.16 Å². The molecule has 72 valence electrons. The zero-order valence-electron chi connectivity index (χ0n) is 8.03. The highest BCUT2D eigenvalue weighted by Crippen LogP contribution is 2.21. The van der Waals surface area contributed by atoms with Crippen LogP contribution in [0.1, 0.15) is 12.5 Å². The second kappa shape index (κ2) is 3.54. The first-order valence-electron chi connectivity index (χ1n) is 4.61. The van der Waals surface area contributed by atoms with E-state index in [1.807, 2.05) is 12.1 Å². The van der Waals surface area contributed by atoms with Gasteiger partial charge in [0.25, 0.3) is 0 Å². The predicted molar refractivity (Wildman–Crippen MR) is 55.7 cm³/mol. The van der Waals surface area contributed by atoms with E-state index < -0.39 is 0 Å². The first kappa shape index (κ1) is 8.81. The molecule has 1 aromatic carbocycles. The Morgan fingerprint density at radius 3 is 2.50 bits per heavy atom. The molecular weight excluding hydrogens is 176 g/mol. The van der Waals surface area contributed by atoms with Gasteiger partial charge in [0.1, 0.15) is 0 Å². The topological polar surface area (TPSA) is 52.0 Å². The summed E-state index contributed by atoms with van der Waals surface area (Å²) in [6.07, 6.45) is 1.04. The molecule has 2 rings (SSSR count). The average Bonchev–Trinajstić information content (AvgIpc) is 2.65. The summed E-state index contributed by atoms with van der Waals surface area (Å²) in [5.74, 6) is 1.13. The lowest BCUT2D eigenvalue weighted by Gasteiger charge is -1.97. The third kappa shape index (κ3) is 1.62. The highest BCUT2D eigenvalue weighted by atomic mass is 16.5. The monoisotopic (exact) mass is 188 g/mol. The Balaban J connectivity index is 2.33. The molecule has 2 N–H and O–H groups in total. The Morgan fingerprint density at radius 2 is 2.00 bits per heavy atom. The summed E-state index contributed by atoms with van der Waals surface area (Å²) in [7, 11) is 0. The maximum atomic E-state index is 5.47. The number of aromatic nitrogens is 1. The number of nitrogen functional groups attached to an aromatic ring is 1. The van der Waals surface area contributed by atoms with Gasteiger partial charge in [-0.05, 0) is 12.0 Å². The minimum Gasteiger partial charge on any atom is -0.381 e. The van der Waals surface area contributed by atoms with E-state index in [1.165, 1.54) is 5.56 Å². The lowest BCUT2D eigenvalue weighted by Crippen LogP contribution is -1.80. The van der Waals surface area contributed by atoms with Gasteiger partial charge < -0.3 is 10.3 Å². The number of rotatable bonds is 2. The SMILES string of the molecule is CCc1ccc(-c2cc(N)no2)cc1. The quantitative estimate of drug-likeness (QED) is 0.787. The van der Waals surface area contributed by atoms with Crippen LogP contribution >= 0.6 is 0 Å². The minimum atomic E-state index is 0.416. The zero-order valence-corrected chi connectivity index (χ0v) is 8.03. The molecule has 0 aliphatic heterocycles. The Morgan fingerprint density at radius 1 is 1.29 bits per heavy atom. The molecule has 0 aliphatic rings. The lowest BCUT2D eigenvalue weighted by molar-refractivity contribution is 0.436. The second-order valence-electron chi connectivity index (χ2n) is 3.17. The molecule has 1 heterocycles. The van der Waals surface area contributed by atoms with Crippen LogP contribution < -0.4 is 5.73 Å². The molecule has 0 unspecified atom stereocenters. The number of nitrogens with zero attached hydrogens (tertiary/aromatic N) is 1. The third-order valence-electron chi connectivity index (χ3n) is 2.18. The van der Waals surface area contributed by atoms with Gasteiger partial charge in [0.2, 0.25) is 0 Å². The molecule has 0 amide bonds. The van der Waals surface area contributed by atoms with Crippen molar-refractivity contribution in [2.24, 2.45) is 0 Å². The molecule has 2 aromatic rings. The summed E-state index contributed by atoms with van der Waals surface area (Å²) in [6.45, 7) is 2.13. The first-order valence-corrected chi connectivity index (χ1v) is 4.61. The van der Waals surface area contributed by atoms with Crippen molar-refractivity contribution < 1.29 is 4.52 Å². The number of hydrogen-bond acceptors (Lipinski definition) is 3. The van der Waals surface area contributed by atoms with Crippen molar-refractivity contribution >= 4 is 5.82 Å². The number of benzene rings is 1. The van der Waals surface area contributed by atoms with Crippen molar-refractivity contribution in [2.45, 2.75) is 13.3 Å². The number of hydrogen-bond donors (Lipinski definition) is 1. The van der Waals surface area contributed by atoms with Gasteiger partial charge in [-0.2, -0.15) is 0 Å². The van der Waals surface area contributed by atoms with Gasteiger partial charge >= 0.3 is 0 Å². The van der Waals surface area contributed by atoms with Crippen LogP contribution in [0.4, 0.5) is 5.82 Å². The van der Waals surface area contributed by atoms with E-state index in [4.69, 9.17) is 10.3 Å². The minimum absolute atomic E-state index is 0.416. The third-order valence-corrected chi connectivity index (χ3v) is 2.18. The fourth-order valence-electron chi connectivity index (χ4n) is 1.33. The van der Waals surface area contributed by atoms with E-state index in [2.05, 4.69) is 24.2 Å². The smallest absolute Gasteiger partial charge is 0.169 e. The van der Waals surface area contributed by atoms with Gasteiger partial charge in [-0.15, -0.1) is 0 Å². The van der Waals surface area contributed by atoms with Crippen LogP contribution in [0.3, 0.4) is 0 Å². The molecule has 3 nitrogen and oxygen atoms in total. The molecule has 3 heteroatoms. The Hall–Kier alpha value is -1.77. The summed E-state index contributed by atoms with van der Waals surface area (Å²) >= 11 is 0. The van der Waals surface area contributed by atoms with Crippen LogP contribution in [0.5, 0.6) is 0 Å². The van der Waals surface area contributed by atoms with Crippen molar-refractivity contribution in [3.05, 3.63) is 35.9 Å². The van der Waals surface area contributed by atoms with Gasteiger partial charge in [-0.1, -0.05) is 36.3 Å². The molecule has 0 saturated heterocycles. The fraction of sp³-hybridized carbons (Fsp3) is 0.182. The van der Waals surface area contributed by atoms with Crippen LogP contribution in [0, 0.1) is 0 Å². The zero-order chi connectivity index (χ0) is 9.97. The standard InChI is InChI=1S/C11H12N2O/c1-2-8-3-5-9(6-4-8)10-7-11(12)13-14-10/h3-7H,2H2,1H3,(H2,12,13). The van der Waals surface area contributed by atoms with Gasteiger partial charge in [-0.25, -0.2) is 0 Å². The van der Waals surface area contributed by atoms with E-state index >= 15 is 0 Å². The van der Waals surface area contributed by atoms with Gasteiger partial charge in [0, 0.05) is 11.6 Å². The maximum Gasteiger partial charge on any atom is 0.169 e. The molecule has 0 bridgehead atoms. The summed E-state index contributed by atoms with van der Waals surface area (Å²) in [4.78, 5) is 0. The molecular formula is C11H12N2O. The Kier molecular flexibility index (Phi) is 2.23. The first-order chi connectivity index (χ1) is 6.79. The number of aryl methyl sites for hydroxylation is 1. The van der Waals surface area contributed by atoms with Crippen molar-refractivity contribution in [1.29, 1.82) is 0 Å². The Labute approximate surface area is 82.5 Å². The van der Waals surface area contributed by atoms with Gasteiger partial charge in [0.05, 0.1) is 0 Å². The molecule has 0 radical (unpaired) electrons. The molecule has 0 fully saturated rings. The molecule has 0 spiro atoms. The molecule has 14 heavy (non-hydrogen) atoms. The van der Waals surface area contributed by atoms with Crippen molar-refractivity contribution in [3.8, 4) is 11.3 Å². The average molecular weight is 188 g/mol. The van der Waals surface area contributed by atoms with E-state index in [0.29, 0.717) is 11.6 Å². The number of anilines is 1. The summed E-state index contributed by atoms with van der Waals surface area (Å²) in [5.41, 5.74) is 7.78. The van der Waals surface area contributed by atoms with Crippen LogP contribution in [-0.4, -0.2) is 5.16 Å². The van der Waals surface area contributed by atoms with Crippen LogP contribution in [-0.2, 0) is 6.42 Å². The van der Waals surface area contributed by atoms with Crippen molar-refractivity contribution in [2.75, 3.05) is 5.73 Å². The van der Waals surface area contributed by atoms with Crippen LogP contribution in [0.15, 0.2) is 34.9 Å². The lowest BCUT2D eigenvalue weighted by atomic mass is 10.1. The van der Waals surface area contributed by atoms with Crippen LogP contribution in [0.25, 0.3) is 11.3 Å². The van der Waals surface area contributed by atoms with Crippen molar-refractivity contribution in [3.63, 3.8) is 0 Å². The van der Waals surface area contributed by atoms with E-state index in [1.54, 1.807) is 6.07 Å².